The topological polar surface area (TPSA) is 38.4 Å². The van der Waals surface area contributed by atoms with Crippen molar-refractivity contribution in [2.24, 2.45) is 10.5 Å². The summed E-state index contributed by atoms with van der Waals surface area (Å²) < 4.78 is 4.70. The van der Waals surface area contributed by atoms with Crippen molar-refractivity contribution in [2.75, 3.05) is 0 Å². The molecule has 3 heteroatoms. The molecule has 0 atom stereocenters. The number of nitrogens with zero attached hydrogens (tertiary/aromatic N) is 1. The Morgan fingerprint density at radius 3 is 2.00 bits per heavy atom. The van der Waals surface area contributed by atoms with Gasteiger partial charge in [-0.25, -0.2) is 4.76 Å². The average molecular weight is 236 g/mol. The number of amidine groups is 1. The minimum absolute atomic E-state index is 0.379. The van der Waals surface area contributed by atoms with E-state index in [0.717, 1.165) is 5.56 Å². The van der Waals surface area contributed by atoms with Gasteiger partial charge in [-0.15, -0.1) is 0 Å². The van der Waals surface area contributed by atoms with Crippen LogP contribution in [-0.2, 0) is 0 Å². The molecule has 0 unspecified atom stereocenters. The standard InChI is InChI=1S/C13H21N2P/c1-10(2)16(11(3)4)15-13(14)12-8-6-5-7-9-12/h5-11H,1-4H3,(H2,14,15). The van der Waals surface area contributed by atoms with Crippen molar-refractivity contribution in [3.63, 3.8) is 0 Å². The molecule has 0 bridgehead atoms. The highest BCUT2D eigenvalue weighted by Gasteiger charge is 2.16. The van der Waals surface area contributed by atoms with E-state index in [1.807, 2.05) is 30.3 Å². The summed E-state index contributed by atoms with van der Waals surface area (Å²) in [5.41, 5.74) is 8.22. The molecule has 0 aromatic heterocycles. The smallest absolute Gasteiger partial charge is 0.129 e. The molecule has 0 saturated carbocycles. The molecule has 2 N–H and O–H groups in total. The van der Waals surface area contributed by atoms with Crippen molar-refractivity contribution in [1.82, 2.24) is 0 Å². The number of hydrogen-bond donors (Lipinski definition) is 1. The molecule has 1 aromatic rings. The van der Waals surface area contributed by atoms with E-state index < -0.39 is 0 Å². The highest BCUT2D eigenvalue weighted by Crippen LogP contribution is 2.47. The Balaban J connectivity index is 2.90. The third-order valence-corrected chi connectivity index (χ3v) is 4.91. The molecule has 2 nitrogen and oxygen atoms in total. The Morgan fingerprint density at radius 2 is 1.56 bits per heavy atom. The zero-order valence-electron chi connectivity index (χ0n) is 10.5. The van der Waals surface area contributed by atoms with Gasteiger partial charge in [0.15, 0.2) is 0 Å². The molecule has 0 saturated heterocycles. The second-order valence-electron chi connectivity index (χ2n) is 4.42. The van der Waals surface area contributed by atoms with Gasteiger partial charge in [-0.1, -0.05) is 58.0 Å². The molecule has 0 fully saturated rings. The van der Waals surface area contributed by atoms with Crippen LogP contribution < -0.4 is 5.73 Å². The third kappa shape index (κ3) is 3.61. The summed E-state index contributed by atoms with van der Waals surface area (Å²) in [5.74, 6) is 0.675. The molecule has 1 aromatic carbocycles. The molecular weight excluding hydrogens is 215 g/mol. The first-order valence-corrected chi connectivity index (χ1v) is 7.13. The van der Waals surface area contributed by atoms with Gasteiger partial charge >= 0.3 is 0 Å². The van der Waals surface area contributed by atoms with Crippen LogP contribution in [0.4, 0.5) is 0 Å². The first-order valence-electron chi connectivity index (χ1n) is 5.70. The molecule has 0 aliphatic heterocycles. The predicted octanol–water partition coefficient (Wildman–Crippen LogP) is 3.61. The van der Waals surface area contributed by atoms with Crippen LogP contribution in [0.1, 0.15) is 33.3 Å². The Labute approximate surface area is 99.8 Å². The van der Waals surface area contributed by atoms with Gasteiger partial charge in [-0.2, -0.15) is 0 Å². The van der Waals surface area contributed by atoms with E-state index in [9.17, 15) is 0 Å². The maximum atomic E-state index is 6.04. The monoisotopic (exact) mass is 236 g/mol. The fraction of sp³-hybridized carbons (Fsp3) is 0.462. The maximum absolute atomic E-state index is 6.04. The molecule has 0 heterocycles. The number of nitrogens with two attached hydrogens (primary N) is 1. The van der Waals surface area contributed by atoms with Crippen molar-refractivity contribution in [3.05, 3.63) is 35.9 Å². The van der Waals surface area contributed by atoms with Crippen LogP contribution >= 0.6 is 8.07 Å². The zero-order chi connectivity index (χ0) is 12.1. The molecule has 0 spiro atoms. The molecule has 0 amide bonds. The van der Waals surface area contributed by atoms with Crippen molar-refractivity contribution in [1.29, 1.82) is 0 Å². The Bertz CT molecular complexity index is 336. The fourth-order valence-corrected chi connectivity index (χ4v) is 3.64. The van der Waals surface area contributed by atoms with Gasteiger partial charge in [0.1, 0.15) is 5.84 Å². The van der Waals surface area contributed by atoms with Gasteiger partial charge < -0.3 is 5.73 Å². The SMILES string of the molecule is CC(C)P(N=C(N)c1ccccc1)C(C)C. The van der Waals surface area contributed by atoms with E-state index in [1.165, 1.54) is 0 Å². The van der Waals surface area contributed by atoms with Crippen LogP contribution in [-0.4, -0.2) is 17.2 Å². The number of rotatable bonds is 4. The Hall–Kier alpha value is -0.880. The third-order valence-electron chi connectivity index (χ3n) is 2.35. The fourth-order valence-electron chi connectivity index (χ4n) is 1.62. The summed E-state index contributed by atoms with van der Waals surface area (Å²) >= 11 is 0. The summed E-state index contributed by atoms with van der Waals surface area (Å²) in [6.45, 7) is 8.86. The molecule has 0 aliphatic rings. The summed E-state index contributed by atoms with van der Waals surface area (Å²) in [7, 11) is -0.379. The van der Waals surface area contributed by atoms with Crippen LogP contribution in [0.15, 0.2) is 35.1 Å². The van der Waals surface area contributed by atoms with Crippen molar-refractivity contribution in [2.45, 2.75) is 39.0 Å². The highest BCUT2D eigenvalue weighted by molar-refractivity contribution is 7.57. The lowest BCUT2D eigenvalue weighted by Crippen LogP contribution is -2.14. The van der Waals surface area contributed by atoms with Gasteiger partial charge in [0.2, 0.25) is 0 Å². The van der Waals surface area contributed by atoms with Crippen molar-refractivity contribution in [3.8, 4) is 0 Å². The zero-order valence-corrected chi connectivity index (χ0v) is 11.4. The largest absolute Gasteiger partial charge is 0.383 e. The second kappa shape index (κ2) is 6.00. The van der Waals surface area contributed by atoms with Gasteiger partial charge in [0.05, 0.1) is 0 Å². The average Bonchev–Trinajstić information content (AvgIpc) is 2.25. The van der Waals surface area contributed by atoms with Crippen LogP contribution in [0.5, 0.6) is 0 Å². The first kappa shape index (κ1) is 13.2. The number of hydrogen-bond acceptors (Lipinski definition) is 1. The van der Waals surface area contributed by atoms with Gasteiger partial charge in [-0.05, 0) is 11.3 Å². The van der Waals surface area contributed by atoms with E-state index in [4.69, 9.17) is 10.5 Å². The number of benzene rings is 1. The minimum atomic E-state index is -0.379. The lowest BCUT2D eigenvalue weighted by molar-refractivity contribution is 1.01. The Morgan fingerprint density at radius 1 is 1.06 bits per heavy atom. The first-order chi connectivity index (χ1) is 7.52. The van der Waals surface area contributed by atoms with E-state index in [2.05, 4.69) is 27.7 Å². The van der Waals surface area contributed by atoms with Gasteiger partial charge in [0, 0.05) is 13.6 Å². The molecule has 0 aliphatic carbocycles. The van der Waals surface area contributed by atoms with Crippen molar-refractivity contribution >= 4 is 13.9 Å². The molecule has 16 heavy (non-hydrogen) atoms. The van der Waals surface area contributed by atoms with Crippen LogP contribution in [0.25, 0.3) is 0 Å². The van der Waals surface area contributed by atoms with Crippen LogP contribution in [0, 0.1) is 0 Å². The van der Waals surface area contributed by atoms with Crippen LogP contribution in [0.3, 0.4) is 0 Å². The summed E-state index contributed by atoms with van der Waals surface area (Å²) in [5, 5.41) is 0. The minimum Gasteiger partial charge on any atom is -0.383 e. The Kier molecular flexibility index (Phi) is 4.95. The van der Waals surface area contributed by atoms with E-state index in [0.29, 0.717) is 17.2 Å². The molecule has 0 radical (unpaired) electrons. The normalized spacial score (nSPS) is 12.8. The summed E-state index contributed by atoms with van der Waals surface area (Å²) in [6, 6.07) is 9.99. The van der Waals surface area contributed by atoms with Gasteiger partial charge in [0.25, 0.3) is 0 Å². The maximum Gasteiger partial charge on any atom is 0.129 e. The van der Waals surface area contributed by atoms with E-state index in [-0.39, 0.29) is 8.07 Å². The van der Waals surface area contributed by atoms with Crippen LogP contribution in [0.2, 0.25) is 0 Å². The highest BCUT2D eigenvalue weighted by atomic mass is 31.1. The van der Waals surface area contributed by atoms with Gasteiger partial charge in [-0.3, -0.25) is 0 Å². The predicted molar refractivity (Wildman–Crippen MR) is 74.4 cm³/mol. The lowest BCUT2D eigenvalue weighted by Gasteiger charge is -2.21. The summed E-state index contributed by atoms with van der Waals surface area (Å²) in [6.07, 6.45) is 0. The quantitative estimate of drug-likeness (QED) is 0.484. The van der Waals surface area contributed by atoms with Crippen molar-refractivity contribution < 1.29 is 0 Å². The molecular formula is C13H21N2P. The molecule has 88 valence electrons. The second-order valence-corrected chi connectivity index (χ2v) is 7.44. The molecule has 1 rings (SSSR count). The summed E-state index contributed by atoms with van der Waals surface area (Å²) in [4.78, 5) is 0. The van der Waals surface area contributed by atoms with E-state index >= 15 is 0 Å². The lowest BCUT2D eigenvalue weighted by atomic mass is 10.2. The van der Waals surface area contributed by atoms with E-state index in [1.54, 1.807) is 0 Å².